The van der Waals surface area contributed by atoms with Crippen molar-refractivity contribution in [1.29, 1.82) is 0 Å². The predicted octanol–water partition coefficient (Wildman–Crippen LogP) is 1.89. The largest absolute Gasteiger partial charge is 0.206 e. The fourth-order valence-corrected chi connectivity index (χ4v) is 1.12. The monoisotopic (exact) mass is 156 g/mol. The van der Waals surface area contributed by atoms with E-state index < -0.39 is 0 Å². The van der Waals surface area contributed by atoms with Crippen molar-refractivity contribution in [2.45, 2.75) is 13.3 Å². The molecule has 0 saturated heterocycles. The molecule has 0 radical (unpaired) electrons. The summed E-state index contributed by atoms with van der Waals surface area (Å²) in [6.07, 6.45) is 0.960. The lowest BCUT2D eigenvalue weighted by molar-refractivity contribution is 0.636. The van der Waals surface area contributed by atoms with E-state index in [-0.39, 0.29) is 5.82 Å². The average molecular weight is 156 g/mol. The Kier molecular flexibility index (Phi) is 2.39. The fraction of sp³-hybridized carbons (Fsp3) is 0.250. The highest BCUT2D eigenvalue weighted by Crippen LogP contribution is 2.03. The molecule has 0 bridgehead atoms. The van der Waals surface area contributed by atoms with Gasteiger partial charge in [0.2, 0.25) is 0 Å². The van der Waals surface area contributed by atoms with Gasteiger partial charge in [0, 0.05) is 5.30 Å². The molecule has 0 aliphatic carbocycles. The summed E-state index contributed by atoms with van der Waals surface area (Å²) in [4.78, 5) is 0. The zero-order chi connectivity index (χ0) is 7.56. The van der Waals surface area contributed by atoms with Crippen molar-refractivity contribution in [3.05, 3.63) is 29.6 Å². The van der Waals surface area contributed by atoms with Gasteiger partial charge in [-0.05, 0) is 24.1 Å². The Labute approximate surface area is 62.7 Å². The van der Waals surface area contributed by atoms with E-state index in [9.17, 15) is 4.39 Å². The molecule has 0 aliphatic rings. The van der Waals surface area contributed by atoms with Crippen LogP contribution < -0.4 is 5.30 Å². The van der Waals surface area contributed by atoms with Gasteiger partial charge in [-0.25, -0.2) is 4.39 Å². The lowest BCUT2D eigenvalue weighted by Gasteiger charge is -1.98. The summed E-state index contributed by atoms with van der Waals surface area (Å²) in [7, 11) is 2.38. The minimum absolute atomic E-state index is 0.151. The Morgan fingerprint density at radius 2 is 2.20 bits per heavy atom. The predicted molar refractivity (Wildman–Crippen MR) is 45.1 cm³/mol. The van der Waals surface area contributed by atoms with Gasteiger partial charge in [0.05, 0.1) is 0 Å². The van der Waals surface area contributed by atoms with Gasteiger partial charge in [-0.3, -0.25) is 0 Å². The molecule has 1 aromatic carbocycles. The standard InChI is InChI=1S/C8H10FP/c1-2-6-3-4-7(9)8(10)5-6/h3-5H,2,10H2,1H3. The first kappa shape index (κ1) is 7.68. The smallest absolute Gasteiger partial charge is 0.130 e. The van der Waals surface area contributed by atoms with E-state index in [1.54, 1.807) is 0 Å². The third kappa shape index (κ3) is 1.54. The van der Waals surface area contributed by atoms with Crippen LogP contribution in [-0.2, 0) is 6.42 Å². The van der Waals surface area contributed by atoms with E-state index in [0.29, 0.717) is 5.30 Å². The van der Waals surface area contributed by atoms with Crippen LogP contribution in [0.3, 0.4) is 0 Å². The summed E-state index contributed by atoms with van der Waals surface area (Å²) in [6, 6.07) is 5.16. The molecule has 0 amide bonds. The van der Waals surface area contributed by atoms with Crippen LogP contribution in [0.1, 0.15) is 12.5 Å². The second-order valence-electron chi connectivity index (χ2n) is 2.21. The van der Waals surface area contributed by atoms with Crippen molar-refractivity contribution >= 4 is 14.5 Å². The minimum atomic E-state index is -0.151. The molecule has 0 aromatic heterocycles. The summed E-state index contributed by atoms with van der Waals surface area (Å²) in [5.41, 5.74) is 1.17. The van der Waals surface area contributed by atoms with Crippen LogP contribution in [0.5, 0.6) is 0 Å². The van der Waals surface area contributed by atoms with Gasteiger partial charge in [0.25, 0.3) is 0 Å². The zero-order valence-corrected chi connectivity index (χ0v) is 7.05. The van der Waals surface area contributed by atoms with Crippen LogP contribution in [0.4, 0.5) is 4.39 Å². The Morgan fingerprint density at radius 1 is 1.50 bits per heavy atom. The van der Waals surface area contributed by atoms with Crippen molar-refractivity contribution in [2.24, 2.45) is 0 Å². The molecular formula is C8H10FP. The third-order valence-corrected chi connectivity index (χ3v) is 1.91. The number of rotatable bonds is 1. The topological polar surface area (TPSA) is 0 Å². The number of halogens is 1. The van der Waals surface area contributed by atoms with Crippen molar-refractivity contribution in [3.8, 4) is 0 Å². The van der Waals surface area contributed by atoms with Gasteiger partial charge in [-0.1, -0.05) is 13.0 Å². The zero-order valence-electron chi connectivity index (χ0n) is 5.89. The molecule has 1 rings (SSSR count). The van der Waals surface area contributed by atoms with Crippen molar-refractivity contribution in [1.82, 2.24) is 0 Å². The van der Waals surface area contributed by atoms with E-state index in [0.717, 1.165) is 6.42 Å². The molecule has 0 spiro atoms. The summed E-state index contributed by atoms with van der Waals surface area (Å²) in [5, 5.41) is 0.652. The maximum atomic E-state index is 12.6. The highest BCUT2D eigenvalue weighted by molar-refractivity contribution is 7.27. The Hall–Kier alpha value is -0.420. The van der Waals surface area contributed by atoms with Gasteiger partial charge in [0.1, 0.15) is 5.82 Å². The molecule has 54 valence electrons. The second kappa shape index (κ2) is 3.12. The van der Waals surface area contributed by atoms with E-state index in [1.807, 2.05) is 12.1 Å². The van der Waals surface area contributed by atoms with E-state index >= 15 is 0 Å². The lowest BCUT2D eigenvalue weighted by atomic mass is 10.2. The highest BCUT2D eigenvalue weighted by Gasteiger charge is 1.95. The van der Waals surface area contributed by atoms with Crippen LogP contribution in [0.25, 0.3) is 0 Å². The van der Waals surface area contributed by atoms with E-state index in [1.165, 1.54) is 11.6 Å². The lowest BCUT2D eigenvalue weighted by Crippen LogP contribution is -1.98. The maximum absolute atomic E-state index is 12.6. The first-order valence-electron chi connectivity index (χ1n) is 3.28. The minimum Gasteiger partial charge on any atom is -0.206 e. The molecule has 2 heteroatoms. The molecular weight excluding hydrogens is 146 g/mol. The van der Waals surface area contributed by atoms with Crippen LogP contribution in [0.2, 0.25) is 0 Å². The van der Waals surface area contributed by atoms with Crippen LogP contribution in [0.15, 0.2) is 18.2 Å². The highest BCUT2D eigenvalue weighted by atomic mass is 31.0. The molecule has 0 heterocycles. The molecule has 0 nitrogen and oxygen atoms in total. The molecule has 0 N–H and O–H groups in total. The summed E-state index contributed by atoms with van der Waals surface area (Å²) < 4.78 is 12.6. The van der Waals surface area contributed by atoms with E-state index in [2.05, 4.69) is 16.2 Å². The Balaban J connectivity index is 3.04. The van der Waals surface area contributed by atoms with Crippen molar-refractivity contribution < 1.29 is 4.39 Å². The molecule has 0 aliphatic heterocycles. The van der Waals surface area contributed by atoms with Gasteiger partial charge in [0.15, 0.2) is 0 Å². The van der Waals surface area contributed by atoms with Crippen LogP contribution in [-0.4, -0.2) is 0 Å². The molecule has 0 saturated carbocycles. The maximum Gasteiger partial charge on any atom is 0.130 e. The summed E-state index contributed by atoms with van der Waals surface area (Å²) in [6.45, 7) is 2.05. The average Bonchev–Trinajstić information content (AvgIpc) is 1.95. The van der Waals surface area contributed by atoms with Crippen molar-refractivity contribution in [3.63, 3.8) is 0 Å². The first-order valence-corrected chi connectivity index (χ1v) is 3.85. The quantitative estimate of drug-likeness (QED) is 0.544. The van der Waals surface area contributed by atoms with Crippen LogP contribution in [0, 0.1) is 5.82 Å². The van der Waals surface area contributed by atoms with Gasteiger partial charge >= 0.3 is 0 Å². The SMILES string of the molecule is CCc1ccc(F)c(P)c1. The van der Waals surface area contributed by atoms with Crippen LogP contribution >= 0.6 is 9.24 Å². The third-order valence-electron chi connectivity index (χ3n) is 1.47. The number of benzene rings is 1. The molecule has 10 heavy (non-hydrogen) atoms. The Morgan fingerprint density at radius 3 is 2.70 bits per heavy atom. The van der Waals surface area contributed by atoms with Gasteiger partial charge < -0.3 is 0 Å². The molecule has 0 fully saturated rings. The van der Waals surface area contributed by atoms with Gasteiger partial charge in [-0.15, -0.1) is 9.24 Å². The van der Waals surface area contributed by atoms with E-state index in [4.69, 9.17) is 0 Å². The molecule has 1 aromatic rings. The normalized spacial score (nSPS) is 9.90. The summed E-state index contributed by atoms with van der Waals surface area (Å²) >= 11 is 0. The first-order chi connectivity index (χ1) is 4.74. The Bertz CT molecular complexity index is 233. The molecule has 1 unspecified atom stereocenters. The fourth-order valence-electron chi connectivity index (χ4n) is 0.813. The number of hydrogen-bond donors (Lipinski definition) is 0. The second-order valence-corrected chi connectivity index (χ2v) is 2.83. The van der Waals surface area contributed by atoms with Crippen molar-refractivity contribution in [2.75, 3.05) is 0 Å². The van der Waals surface area contributed by atoms with Gasteiger partial charge in [-0.2, -0.15) is 0 Å². The molecule has 1 atom stereocenters. The summed E-state index contributed by atoms with van der Waals surface area (Å²) in [5.74, 6) is -0.151. The number of hydrogen-bond acceptors (Lipinski definition) is 0. The number of aryl methyl sites for hydroxylation is 1.